The third-order valence-corrected chi connectivity index (χ3v) is 5.51. The number of carbonyl (C=O) groups is 1. The van der Waals surface area contributed by atoms with Gasteiger partial charge in [0.25, 0.3) is 5.91 Å². The number of halogens is 3. The number of rotatable bonds is 5. The first kappa shape index (κ1) is 23.2. The number of pyridine rings is 1. The van der Waals surface area contributed by atoms with Crippen LogP contribution in [-0.4, -0.2) is 44.3 Å². The average Bonchev–Trinajstić information content (AvgIpc) is 3.19. The van der Waals surface area contributed by atoms with Crippen LogP contribution in [0.2, 0.25) is 0 Å². The molecule has 1 atom stereocenters. The summed E-state index contributed by atoms with van der Waals surface area (Å²) < 4.78 is 40.6. The van der Waals surface area contributed by atoms with E-state index < -0.39 is 17.6 Å². The molecule has 4 aromatic rings. The Morgan fingerprint density at radius 2 is 1.82 bits per heavy atom. The number of fused-ring (bicyclic) bond motifs is 1. The maximum absolute atomic E-state index is 12.9. The van der Waals surface area contributed by atoms with Crippen LogP contribution in [-0.2, 0) is 6.18 Å². The van der Waals surface area contributed by atoms with Gasteiger partial charge in [-0.3, -0.25) is 14.1 Å². The Morgan fingerprint density at radius 3 is 2.47 bits per heavy atom. The minimum atomic E-state index is -4.53. The largest absolute Gasteiger partial charge is 0.416 e. The lowest BCUT2D eigenvalue weighted by atomic mass is 10.1. The Hall–Kier alpha value is -3.99. The molecule has 0 aliphatic heterocycles. The van der Waals surface area contributed by atoms with Crippen LogP contribution in [0.15, 0.2) is 55.0 Å². The van der Waals surface area contributed by atoms with E-state index in [9.17, 15) is 18.0 Å². The number of carbonyl (C=O) groups excluding carboxylic acids is 1. The van der Waals surface area contributed by atoms with Crippen molar-refractivity contribution in [3.63, 3.8) is 0 Å². The molecule has 0 bridgehead atoms. The molecule has 0 unspecified atom stereocenters. The van der Waals surface area contributed by atoms with Crippen LogP contribution in [0.1, 0.15) is 34.7 Å². The number of nitrogens with one attached hydrogen (secondary N) is 1. The van der Waals surface area contributed by atoms with Crippen molar-refractivity contribution in [1.82, 2.24) is 24.3 Å². The van der Waals surface area contributed by atoms with E-state index in [1.54, 1.807) is 36.7 Å². The minimum absolute atomic E-state index is 0.00642. The zero-order valence-corrected chi connectivity index (χ0v) is 18.6. The van der Waals surface area contributed by atoms with Crippen LogP contribution in [0.3, 0.4) is 0 Å². The van der Waals surface area contributed by atoms with Crippen molar-refractivity contribution in [2.45, 2.75) is 19.1 Å². The van der Waals surface area contributed by atoms with Gasteiger partial charge in [0, 0.05) is 29.7 Å². The molecule has 176 valence electrons. The number of nitrogen functional groups attached to an aromatic ring is 1. The van der Waals surface area contributed by atoms with Crippen molar-refractivity contribution in [2.24, 2.45) is 0 Å². The van der Waals surface area contributed by atoms with Gasteiger partial charge in [0.15, 0.2) is 0 Å². The van der Waals surface area contributed by atoms with E-state index in [0.29, 0.717) is 22.6 Å². The topological polar surface area (TPSA) is 101 Å². The highest BCUT2D eigenvalue weighted by atomic mass is 19.4. The van der Waals surface area contributed by atoms with E-state index in [4.69, 9.17) is 10.7 Å². The van der Waals surface area contributed by atoms with Gasteiger partial charge in [0.05, 0.1) is 11.6 Å². The number of benzene rings is 1. The monoisotopic (exact) mass is 469 g/mol. The Morgan fingerprint density at radius 1 is 1.12 bits per heavy atom. The van der Waals surface area contributed by atoms with Crippen LogP contribution in [0.25, 0.3) is 16.8 Å². The average molecular weight is 469 g/mol. The third kappa shape index (κ3) is 4.42. The summed E-state index contributed by atoms with van der Waals surface area (Å²) in [6.45, 7) is 2.02. The normalized spacial score (nSPS) is 12.8. The fourth-order valence-corrected chi connectivity index (χ4v) is 3.46. The number of imidazole rings is 1. The van der Waals surface area contributed by atoms with Crippen LogP contribution >= 0.6 is 0 Å². The predicted molar refractivity (Wildman–Crippen MR) is 122 cm³/mol. The fourth-order valence-electron chi connectivity index (χ4n) is 3.46. The first-order chi connectivity index (χ1) is 16.1. The summed E-state index contributed by atoms with van der Waals surface area (Å²) in [6.07, 6.45) is -0.135. The molecule has 1 amide bonds. The van der Waals surface area contributed by atoms with Gasteiger partial charge in [-0.1, -0.05) is 12.1 Å². The Labute approximate surface area is 193 Å². The van der Waals surface area contributed by atoms with Gasteiger partial charge in [-0.2, -0.15) is 13.2 Å². The molecule has 3 aromatic heterocycles. The van der Waals surface area contributed by atoms with E-state index >= 15 is 0 Å². The zero-order chi connectivity index (χ0) is 24.6. The van der Waals surface area contributed by atoms with Gasteiger partial charge >= 0.3 is 6.18 Å². The van der Waals surface area contributed by atoms with Crippen molar-refractivity contribution >= 4 is 23.1 Å². The smallest absolute Gasteiger partial charge is 0.382 e. The molecule has 0 spiro atoms. The lowest BCUT2D eigenvalue weighted by molar-refractivity contribution is -0.137. The Kier molecular flexibility index (Phi) is 5.96. The van der Waals surface area contributed by atoms with Gasteiger partial charge in [-0.05, 0) is 45.3 Å². The molecule has 8 nitrogen and oxygen atoms in total. The Balaban J connectivity index is 1.64. The van der Waals surface area contributed by atoms with Crippen LogP contribution in [0.5, 0.6) is 0 Å². The molecule has 0 aliphatic carbocycles. The number of hydrogen-bond donors (Lipinski definition) is 2. The van der Waals surface area contributed by atoms with E-state index in [0.717, 1.165) is 24.2 Å². The van der Waals surface area contributed by atoms with Crippen LogP contribution in [0.4, 0.5) is 24.8 Å². The molecular weight excluding hydrogens is 447 g/mol. The molecule has 0 saturated heterocycles. The molecule has 11 heteroatoms. The minimum Gasteiger partial charge on any atom is -0.382 e. The molecule has 4 rings (SSSR count). The summed E-state index contributed by atoms with van der Waals surface area (Å²) in [4.78, 5) is 27.4. The van der Waals surface area contributed by atoms with Crippen molar-refractivity contribution in [3.05, 3.63) is 71.9 Å². The number of amides is 1. The number of anilines is 2. The highest BCUT2D eigenvalue weighted by molar-refractivity contribution is 6.04. The maximum Gasteiger partial charge on any atom is 0.416 e. The first-order valence-electron chi connectivity index (χ1n) is 10.3. The molecule has 0 aliphatic rings. The van der Waals surface area contributed by atoms with Crippen LogP contribution in [0, 0.1) is 0 Å². The van der Waals surface area contributed by atoms with E-state index in [-0.39, 0.29) is 17.4 Å². The van der Waals surface area contributed by atoms with E-state index in [1.807, 2.05) is 30.3 Å². The number of hydrogen-bond acceptors (Lipinski definition) is 6. The lowest BCUT2D eigenvalue weighted by Crippen LogP contribution is -2.19. The molecule has 0 saturated carbocycles. The number of aromatic nitrogens is 4. The van der Waals surface area contributed by atoms with Gasteiger partial charge in [-0.25, -0.2) is 15.0 Å². The fraction of sp³-hybridized carbons (Fsp3) is 0.217. The third-order valence-electron chi connectivity index (χ3n) is 5.51. The SMILES string of the molecule is C[C@@H](c1nc(-c2ccc(C(=O)Nc3cc(C(F)(F)F)ccn3)cc2)c2c(N)nccn12)N(C)C. The second-order valence-electron chi connectivity index (χ2n) is 7.95. The highest BCUT2D eigenvalue weighted by Crippen LogP contribution is 2.32. The Bertz CT molecular complexity index is 1350. The van der Waals surface area contributed by atoms with Crippen molar-refractivity contribution in [1.29, 1.82) is 0 Å². The lowest BCUT2D eigenvalue weighted by Gasteiger charge is -2.18. The summed E-state index contributed by atoms with van der Waals surface area (Å²) in [5, 5.41) is 2.39. The van der Waals surface area contributed by atoms with Crippen molar-refractivity contribution in [3.8, 4) is 11.3 Å². The second-order valence-corrected chi connectivity index (χ2v) is 7.95. The molecule has 0 radical (unpaired) electrons. The number of nitrogens with two attached hydrogens (primary N) is 1. The number of nitrogens with zero attached hydrogens (tertiary/aromatic N) is 5. The summed E-state index contributed by atoms with van der Waals surface area (Å²) in [6, 6.07) is 8.14. The quantitative estimate of drug-likeness (QED) is 0.453. The molecular formula is C23H22F3N7O. The van der Waals surface area contributed by atoms with Gasteiger partial charge in [-0.15, -0.1) is 0 Å². The van der Waals surface area contributed by atoms with Crippen molar-refractivity contribution in [2.75, 3.05) is 25.1 Å². The predicted octanol–water partition coefficient (Wildman–Crippen LogP) is 4.27. The summed E-state index contributed by atoms with van der Waals surface area (Å²) in [5.41, 5.74) is 7.48. The molecule has 1 aromatic carbocycles. The zero-order valence-electron chi connectivity index (χ0n) is 18.6. The number of alkyl halides is 3. The van der Waals surface area contributed by atoms with E-state index in [1.165, 1.54) is 0 Å². The molecule has 3 N–H and O–H groups in total. The standard InChI is InChI=1S/C23H22F3N7O/c1-13(32(2)3)21-31-18(19-20(27)29-10-11-33(19)21)14-4-6-15(7-5-14)22(34)30-17-12-16(8-9-28-17)23(24,25)26/h4-13H,1-3H3,(H2,27,29)(H,28,30,34)/t13-/m0/s1. The maximum atomic E-state index is 12.9. The summed E-state index contributed by atoms with van der Waals surface area (Å²) in [5.74, 6) is 0.322. The summed E-state index contributed by atoms with van der Waals surface area (Å²) in [7, 11) is 3.89. The summed E-state index contributed by atoms with van der Waals surface area (Å²) >= 11 is 0. The van der Waals surface area contributed by atoms with Gasteiger partial charge in [0.2, 0.25) is 0 Å². The van der Waals surface area contributed by atoms with Gasteiger partial charge < -0.3 is 11.1 Å². The first-order valence-corrected chi connectivity index (χ1v) is 10.3. The van der Waals surface area contributed by atoms with E-state index in [2.05, 4.69) is 15.3 Å². The van der Waals surface area contributed by atoms with Crippen LogP contribution < -0.4 is 11.1 Å². The van der Waals surface area contributed by atoms with Gasteiger partial charge in [0.1, 0.15) is 28.7 Å². The highest BCUT2D eigenvalue weighted by Gasteiger charge is 2.31. The second kappa shape index (κ2) is 8.75. The molecule has 34 heavy (non-hydrogen) atoms. The molecule has 0 fully saturated rings. The van der Waals surface area contributed by atoms with Crippen molar-refractivity contribution < 1.29 is 18.0 Å². The molecule has 3 heterocycles.